The zero-order valence-corrected chi connectivity index (χ0v) is 79.9. The Hall–Kier alpha value is -5.32. The number of fused-ring (bicyclic) bond motifs is 25. The van der Waals surface area contributed by atoms with Crippen molar-refractivity contribution in [1.29, 1.82) is 0 Å². The van der Waals surface area contributed by atoms with Crippen molar-refractivity contribution in [1.82, 2.24) is 0 Å². The number of esters is 2. The Morgan fingerprint density at radius 3 is 1.02 bits per heavy atom. The average Bonchev–Trinajstić information content (AvgIpc) is 1.47. The number of hydrogen-bond donors (Lipinski definition) is 2. The van der Waals surface area contributed by atoms with E-state index in [-0.39, 0.29) is 163 Å². The third-order valence-electron chi connectivity index (χ3n) is 40.6. The Morgan fingerprint density at radius 2 is 0.656 bits per heavy atom. The molecule has 0 aromatic rings. The normalized spacial score (nSPS) is 47.3. The molecule has 20 aliphatic carbocycles. The van der Waals surface area contributed by atoms with Crippen molar-refractivity contribution in [3.63, 3.8) is 0 Å². The highest BCUT2D eigenvalue weighted by atomic mass is 28.4. The van der Waals surface area contributed by atoms with Crippen LogP contribution in [-0.4, -0.2) is 101 Å². The molecule has 3 unspecified atom stereocenters. The zero-order chi connectivity index (χ0) is 88.9. The van der Waals surface area contributed by atoms with Crippen molar-refractivity contribution in [3.8, 4) is 0 Å². The Bertz CT molecular complexity index is 4540. The number of aliphatic hydroxyl groups is 2. The first-order valence-corrected chi connectivity index (χ1v) is 52.9. The number of hydrogen-bond acceptors (Lipinski definition) is 15. The zero-order valence-electron chi connectivity index (χ0n) is 78.9. The van der Waals surface area contributed by atoms with Gasteiger partial charge in [-0.05, 0) is 365 Å². The van der Waals surface area contributed by atoms with Crippen molar-refractivity contribution in [2.45, 2.75) is 398 Å². The van der Waals surface area contributed by atoms with E-state index in [1.807, 2.05) is 38.2 Å². The summed E-state index contributed by atoms with van der Waals surface area (Å²) in [6.45, 7) is 43.6. The molecule has 0 amide bonds. The summed E-state index contributed by atoms with van der Waals surface area (Å²) >= 11 is 0. The van der Waals surface area contributed by atoms with E-state index >= 15 is 0 Å². The molecule has 0 aliphatic heterocycles. The summed E-state index contributed by atoms with van der Waals surface area (Å²) in [6.07, 6.45) is 41.2. The maximum Gasteiger partial charge on any atom is 0.303 e. The van der Waals surface area contributed by atoms with Crippen molar-refractivity contribution in [2.24, 2.45) is 173 Å². The molecule has 16 heteroatoms. The third-order valence-corrected chi connectivity index (χ3v) is 41.5. The number of carbonyl (C=O) groups excluding carboxylic acids is 10. The lowest BCUT2D eigenvalue weighted by atomic mass is 9.47. The van der Waals surface area contributed by atoms with Gasteiger partial charge in [0.15, 0.2) is 46.6 Å². The second-order valence-electron chi connectivity index (χ2n) is 48.9. The van der Waals surface area contributed by atoms with E-state index in [0.29, 0.717) is 108 Å². The molecule has 20 aliphatic rings. The summed E-state index contributed by atoms with van der Waals surface area (Å²) in [6, 6.07) is 0. The van der Waals surface area contributed by atoms with Gasteiger partial charge in [0.1, 0.15) is 18.0 Å². The maximum absolute atomic E-state index is 13.3. The predicted molar refractivity (Wildman–Crippen MR) is 512 cm³/mol. The molecule has 0 aromatic carbocycles. The van der Waals surface area contributed by atoms with E-state index in [1.165, 1.54) is 105 Å². The molecule has 0 saturated heterocycles. The lowest BCUT2D eigenvalue weighted by Crippen LogP contribution is -2.53. The smallest absolute Gasteiger partial charge is 0.303 e. The van der Waals surface area contributed by atoms with E-state index < -0.39 is 49.5 Å². The minimum absolute atomic E-state index is 0. The first-order chi connectivity index (χ1) is 57.5. The topological polar surface area (TPSA) is 239 Å². The van der Waals surface area contributed by atoms with E-state index in [2.05, 4.69) is 122 Å². The van der Waals surface area contributed by atoms with Crippen molar-refractivity contribution in [3.05, 3.63) is 70.1 Å². The number of carbonyl (C=O) groups is 10. The first kappa shape index (κ1) is 103. The van der Waals surface area contributed by atoms with Crippen LogP contribution in [0.5, 0.6) is 0 Å². The van der Waals surface area contributed by atoms with Crippen LogP contribution in [0.25, 0.3) is 0 Å². The van der Waals surface area contributed by atoms with Crippen LogP contribution in [0.15, 0.2) is 70.1 Å². The predicted octanol–water partition coefficient (Wildman–Crippen LogP) is 24.5. The standard InChI is InChI=1S/C23H36O2Si.C22H32O4.C22H30O4.C20H28O3.C20H28O2.5CH4/c1-15-9-11-22(2)16(13-15)14-19(24)21-17-7-8-20(25-26(4,5)6)23(17,3)12-10-18(21)22;2*1-12-5-7-21(3)14(9-12)10-17(24)19-15(21)6-8-22(4)16(19)11-18(20(22)25)26-13(2)23;1-11-4-6-19(2)12(8-11)9-15(21)17-13(19)5-7-20(3)14(17)10-16(22)18(20)23;1-12-6-8-19(2)13(10-12)11-16(21)18-14-4-5-17(22)20(14,3)9-7-15(18)19;;;;;/h8,14-15,17-18,21H,7,9-13H2,1-6H3;10,12,15-16,18-20,25H,5-9,11H2,1-4H3;10,12,15-16,18-19H,5-9,11H2,1-4H3;9,11,13-14,16-17,22H,4-8,10H2,1-3H3;11-12,14-15,18H,4-10H2,1-3H3;5*1H4/t15-,17-,18-,21-,22-,23-;12-,15-,16-,18?,19+,20-,21-,22-;12-,15-,16-,18?,19+,21-,22-;11-,13-,14-,16?,17+,19-,20-;12-,14-,15-,18-,19-,20-;;;;;/m00000...../s1. The summed E-state index contributed by atoms with van der Waals surface area (Å²) in [5.41, 5.74) is 6.29. The molecule has 0 spiro atoms. The first-order valence-electron chi connectivity index (χ1n) is 49.5. The second kappa shape index (κ2) is 36.4. The molecule has 2 N–H and O–H groups in total. The molecule has 0 aromatic heterocycles. The maximum atomic E-state index is 13.3. The summed E-state index contributed by atoms with van der Waals surface area (Å²) in [5.74, 6) is 8.85. The summed E-state index contributed by atoms with van der Waals surface area (Å²) < 4.78 is 17.3. The molecule has 14 fully saturated rings. The molecule has 20 rings (SSSR count). The van der Waals surface area contributed by atoms with E-state index in [9.17, 15) is 58.2 Å². The minimum atomic E-state index is -1.62. The quantitative estimate of drug-likeness (QED) is 0.197. The number of rotatable bonds is 4. The van der Waals surface area contributed by atoms with Crippen LogP contribution in [0.3, 0.4) is 0 Å². The summed E-state index contributed by atoms with van der Waals surface area (Å²) in [5, 5.41) is 21.0. The van der Waals surface area contributed by atoms with Gasteiger partial charge in [-0.2, -0.15) is 0 Å². The average molecular weight is 1790 g/mol. The number of ketones is 8. The molecule has 0 bridgehead atoms. The molecular formula is C112H174O15Si. The SMILES string of the molecule is C.C.C.C.C.CC(=O)OC1C[C@H]2[C@@H]3C(=O)C=C4C[C@@H](C)CC[C@]4(C)[C@H]3CC[C@]2(C)C1=O.CC(=O)OC1C[C@H]2[C@@H]3C(=O)C=C4C[C@@H](C)CC[C@]4(C)[C@H]3CC[C@]2(C)[C@H]1O.C[C@H]1CC[C@@]2(C)C(=CC(=O)[C@@H]3[C@@H]2CC[C@]2(C)C(=O)C(O)C[C@@H]32)C1.C[C@H]1CC[C@@]2(C)C(=CC(=O)[C@@H]3[C@@H]2CC[C@]2(C)C(=O)CC[C@@H]32)C1.C[C@H]1CC[C@@]2(C)C(=CC(=O)[C@@H]3[C@@H]2CC[C@]2(C)C(O[Si](C)(C)C)=CC[C@@H]32)C1. The fourth-order valence-electron chi connectivity index (χ4n) is 32.9. The largest absolute Gasteiger partial charge is 0.547 e. The molecule has 0 radical (unpaired) electrons. The van der Waals surface area contributed by atoms with Gasteiger partial charge < -0.3 is 24.1 Å². The van der Waals surface area contributed by atoms with Gasteiger partial charge in [-0.1, -0.05) is 169 Å². The van der Waals surface area contributed by atoms with E-state index in [0.717, 1.165) is 121 Å². The van der Waals surface area contributed by atoms with Crippen LogP contribution in [0, 0.1) is 173 Å². The highest BCUT2D eigenvalue weighted by molar-refractivity contribution is 6.70. The molecule has 34 atom stereocenters. The van der Waals surface area contributed by atoms with Crippen molar-refractivity contribution in [2.75, 3.05) is 0 Å². The molecule has 0 heterocycles. The number of allylic oxidation sites excluding steroid dienone is 12. The number of aliphatic hydroxyl groups excluding tert-OH is 2. The molecular weight excluding hydrogens is 1610 g/mol. The van der Waals surface area contributed by atoms with Crippen molar-refractivity contribution >= 4 is 66.5 Å². The van der Waals surface area contributed by atoms with Gasteiger partial charge in [0, 0.05) is 76.9 Å². The van der Waals surface area contributed by atoms with E-state index in [1.54, 1.807) is 0 Å². The van der Waals surface area contributed by atoms with Crippen LogP contribution >= 0.6 is 0 Å². The van der Waals surface area contributed by atoms with Crippen LogP contribution in [0.4, 0.5) is 0 Å². The number of ether oxygens (including phenoxy) is 2. The Labute approximate surface area is 774 Å². The van der Waals surface area contributed by atoms with Crippen LogP contribution in [0.2, 0.25) is 19.6 Å². The van der Waals surface area contributed by atoms with Gasteiger partial charge in [0.2, 0.25) is 8.32 Å². The summed E-state index contributed by atoms with van der Waals surface area (Å²) in [7, 11) is -1.62. The Morgan fingerprint density at radius 1 is 0.352 bits per heavy atom. The van der Waals surface area contributed by atoms with Crippen molar-refractivity contribution < 1.29 is 72.1 Å². The fourth-order valence-corrected chi connectivity index (χ4v) is 33.9. The molecule has 14 saturated carbocycles. The van der Waals surface area contributed by atoms with Gasteiger partial charge in [-0.15, -0.1) is 0 Å². The molecule has 15 nitrogen and oxygen atoms in total. The Balaban J connectivity index is 0.000000154. The van der Waals surface area contributed by atoms with Gasteiger partial charge in [0.05, 0.1) is 11.9 Å². The molecule has 128 heavy (non-hydrogen) atoms. The molecule has 716 valence electrons. The lowest BCUT2D eigenvalue weighted by Gasteiger charge is -2.56. The fraction of sp³-hybridized carbons (Fsp3) is 0.804. The highest BCUT2D eigenvalue weighted by Crippen LogP contribution is 2.71. The summed E-state index contributed by atoms with van der Waals surface area (Å²) in [4.78, 5) is 126. The van der Waals surface area contributed by atoms with Crippen LogP contribution in [-0.2, 0) is 61.8 Å². The minimum Gasteiger partial charge on any atom is -0.547 e. The second-order valence-corrected chi connectivity index (χ2v) is 53.3. The lowest BCUT2D eigenvalue weighted by molar-refractivity contribution is -0.154. The monoisotopic (exact) mass is 1790 g/mol. The Kier molecular flexibility index (Phi) is 29.3. The van der Waals surface area contributed by atoms with Crippen LogP contribution in [0.1, 0.15) is 354 Å². The van der Waals surface area contributed by atoms with Gasteiger partial charge in [-0.25, -0.2) is 0 Å². The van der Waals surface area contributed by atoms with E-state index in [4.69, 9.17) is 13.9 Å². The third kappa shape index (κ3) is 16.7. The number of Topliss-reactive ketones (excluding diaryl/α,β-unsaturated/α-hetero) is 3. The highest BCUT2D eigenvalue weighted by Gasteiger charge is 2.69. The van der Waals surface area contributed by atoms with Gasteiger partial charge in [-0.3, -0.25) is 47.9 Å². The van der Waals surface area contributed by atoms with Crippen LogP contribution < -0.4 is 0 Å². The van der Waals surface area contributed by atoms with Gasteiger partial charge >= 0.3 is 11.9 Å². The van der Waals surface area contributed by atoms with Gasteiger partial charge in [0.25, 0.3) is 0 Å².